The minimum Gasteiger partial charge on any atom is -0.488 e. The van der Waals surface area contributed by atoms with Crippen molar-refractivity contribution in [2.45, 2.75) is 52.7 Å². The van der Waals surface area contributed by atoms with Gasteiger partial charge in [-0.2, -0.15) is 0 Å². The molecule has 0 amide bonds. The first kappa shape index (κ1) is 15.0. The van der Waals surface area contributed by atoms with Crippen LogP contribution >= 0.6 is 0 Å². The molecule has 1 aromatic rings. The van der Waals surface area contributed by atoms with Crippen LogP contribution in [0.25, 0.3) is 0 Å². The highest BCUT2D eigenvalue weighted by molar-refractivity contribution is 5.31. The lowest BCUT2D eigenvalue weighted by Crippen LogP contribution is -2.19. The quantitative estimate of drug-likeness (QED) is 0.791. The highest BCUT2D eigenvalue weighted by atomic mass is 19.1. The summed E-state index contributed by atoms with van der Waals surface area (Å²) in [6, 6.07) is 5.37. The summed E-state index contributed by atoms with van der Waals surface area (Å²) in [6.45, 7) is 9.06. The van der Waals surface area contributed by atoms with Crippen LogP contribution in [0.1, 0.15) is 52.1 Å². The molecule has 0 aromatic heterocycles. The van der Waals surface area contributed by atoms with E-state index in [1.807, 2.05) is 26.8 Å². The van der Waals surface area contributed by atoms with E-state index in [9.17, 15) is 4.39 Å². The van der Waals surface area contributed by atoms with Crippen LogP contribution in [0.3, 0.4) is 0 Å². The first-order valence-electron chi connectivity index (χ1n) is 6.77. The molecule has 0 aliphatic carbocycles. The molecule has 0 heterocycles. The Labute approximate surface area is 110 Å². The van der Waals surface area contributed by atoms with Gasteiger partial charge in [-0.05, 0) is 50.9 Å². The predicted molar refractivity (Wildman–Crippen MR) is 73.5 cm³/mol. The van der Waals surface area contributed by atoms with Crippen LogP contribution in [-0.4, -0.2) is 12.6 Å². The van der Waals surface area contributed by atoms with Gasteiger partial charge in [0.2, 0.25) is 0 Å². The number of ether oxygens (including phenoxy) is 1. The van der Waals surface area contributed by atoms with Crippen LogP contribution in [0.2, 0.25) is 0 Å². The standard InChI is InChI=1S/C15H24FNO/c1-5-9-17-12(4)13-7-8-15(14(16)10-13)18-11(3)6-2/h7-8,10-12,17H,5-6,9H2,1-4H3. The molecule has 1 N–H and O–H groups in total. The van der Waals surface area contributed by atoms with Crippen LogP contribution in [0.4, 0.5) is 4.39 Å². The lowest BCUT2D eigenvalue weighted by atomic mass is 10.1. The van der Waals surface area contributed by atoms with Gasteiger partial charge < -0.3 is 10.1 Å². The van der Waals surface area contributed by atoms with E-state index in [0.29, 0.717) is 5.75 Å². The average Bonchev–Trinajstić information content (AvgIpc) is 2.38. The molecule has 102 valence electrons. The maximum atomic E-state index is 13.9. The van der Waals surface area contributed by atoms with Crippen molar-refractivity contribution in [3.8, 4) is 5.75 Å². The van der Waals surface area contributed by atoms with Crippen molar-refractivity contribution in [1.82, 2.24) is 5.32 Å². The van der Waals surface area contributed by atoms with Gasteiger partial charge in [-0.25, -0.2) is 4.39 Å². The summed E-state index contributed by atoms with van der Waals surface area (Å²) in [7, 11) is 0. The summed E-state index contributed by atoms with van der Waals surface area (Å²) in [5.41, 5.74) is 0.956. The van der Waals surface area contributed by atoms with E-state index < -0.39 is 0 Å². The third-order valence-corrected chi connectivity index (χ3v) is 3.06. The topological polar surface area (TPSA) is 21.3 Å². The zero-order valence-corrected chi connectivity index (χ0v) is 11.8. The Morgan fingerprint density at radius 2 is 2.00 bits per heavy atom. The van der Waals surface area contributed by atoms with Gasteiger partial charge in [0.15, 0.2) is 11.6 Å². The third-order valence-electron chi connectivity index (χ3n) is 3.06. The van der Waals surface area contributed by atoms with Crippen molar-refractivity contribution >= 4 is 0 Å². The van der Waals surface area contributed by atoms with Crippen molar-refractivity contribution in [2.24, 2.45) is 0 Å². The molecule has 0 saturated carbocycles. The van der Waals surface area contributed by atoms with E-state index in [-0.39, 0.29) is 18.0 Å². The first-order chi connectivity index (χ1) is 8.58. The van der Waals surface area contributed by atoms with Gasteiger partial charge in [-0.15, -0.1) is 0 Å². The third kappa shape index (κ3) is 4.30. The zero-order valence-electron chi connectivity index (χ0n) is 11.8. The average molecular weight is 253 g/mol. The van der Waals surface area contributed by atoms with Crippen LogP contribution in [-0.2, 0) is 0 Å². The van der Waals surface area contributed by atoms with Gasteiger partial charge >= 0.3 is 0 Å². The summed E-state index contributed by atoms with van der Waals surface area (Å²) in [5, 5.41) is 3.34. The SMILES string of the molecule is CCCNC(C)c1ccc(OC(C)CC)c(F)c1. The van der Waals surface area contributed by atoms with Crippen LogP contribution < -0.4 is 10.1 Å². The lowest BCUT2D eigenvalue weighted by molar-refractivity contribution is 0.207. The Balaban J connectivity index is 2.72. The Kier molecular flexibility index (Phi) is 6.13. The molecular weight excluding hydrogens is 229 g/mol. The summed E-state index contributed by atoms with van der Waals surface area (Å²) < 4.78 is 19.4. The summed E-state index contributed by atoms with van der Waals surface area (Å²) >= 11 is 0. The van der Waals surface area contributed by atoms with Crippen LogP contribution in [0.5, 0.6) is 5.75 Å². The molecular formula is C15H24FNO. The molecule has 18 heavy (non-hydrogen) atoms. The number of halogens is 1. The van der Waals surface area contributed by atoms with Crippen molar-refractivity contribution in [1.29, 1.82) is 0 Å². The van der Waals surface area contributed by atoms with E-state index in [4.69, 9.17) is 4.74 Å². The molecule has 0 radical (unpaired) electrons. The molecule has 0 aliphatic rings. The maximum absolute atomic E-state index is 13.9. The van der Waals surface area contributed by atoms with Crippen molar-refractivity contribution in [3.63, 3.8) is 0 Å². The van der Waals surface area contributed by atoms with Crippen molar-refractivity contribution in [2.75, 3.05) is 6.54 Å². The highest BCUT2D eigenvalue weighted by Crippen LogP contribution is 2.23. The Morgan fingerprint density at radius 3 is 2.56 bits per heavy atom. The van der Waals surface area contributed by atoms with Gasteiger partial charge in [0.25, 0.3) is 0 Å². The smallest absolute Gasteiger partial charge is 0.165 e. The van der Waals surface area contributed by atoms with Gasteiger partial charge in [-0.3, -0.25) is 0 Å². The molecule has 1 aromatic carbocycles. The number of benzene rings is 1. The molecule has 0 spiro atoms. The zero-order chi connectivity index (χ0) is 13.5. The molecule has 0 aliphatic heterocycles. The molecule has 2 atom stereocenters. The van der Waals surface area contributed by atoms with Gasteiger partial charge in [0, 0.05) is 6.04 Å². The number of rotatable bonds is 7. The van der Waals surface area contributed by atoms with E-state index in [0.717, 1.165) is 24.9 Å². The Morgan fingerprint density at radius 1 is 1.28 bits per heavy atom. The van der Waals surface area contributed by atoms with E-state index in [1.165, 1.54) is 0 Å². The van der Waals surface area contributed by atoms with Crippen LogP contribution in [0.15, 0.2) is 18.2 Å². The van der Waals surface area contributed by atoms with Gasteiger partial charge in [-0.1, -0.05) is 19.9 Å². The van der Waals surface area contributed by atoms with Gasteiger partial charge in [0.1, 0.15) is 0 Å². The second kappa shape index (κ2) is 7.37. The second-order valence-electron chi connectivity index (χ2n) is 4.70. The number of hydrogen-bond acceptors (Lipinski definition) is 2. The fourth-order valence-corrected chi connectivity index (χ4v) is 1.66. The molecule has 0 fully saturated rings. The molecule has 2 nitrogen and oxygen atoms in total. The highest BCUT2D eigenvalue weighted by Gasteiger charge is 2.11. The minimum absolute atomic E-state index is 0.0426. The summed E-state index contributed by atoms with van der Waals surface area (Å²) in [6.07, 6.45) is 1.98. The predicted octanol–water partition coefficient (Wildman–Crippen LogP) is 4.06. The lowest BCUT2D eigenvalue weighted by Gasteiger charge is -2.17. The van der Waals surface area contributed by atoms with Crippen molar-refractivity contribution in [3.05, 3.63) is 29.6 Å². The molecule has 2 unspecified atom stereocenters. The number of nitrogens with one attached hydrogen (secondary N) is 1. The first-order valence-corrected chi connectivity index (χ1v) is 6.77. The molecule has 0 bridgehead atoms. The van der Waals surface area contributed by atoms with Crippen molar-refractivity contribution < 1.29 is 9.13 Å². The molecule has 0 saturated heterocycles. The fourth-order valence-electron chi connectivity index (χ4n) is 1.66. The fraction of sp³-hybridized carbons (Fsp3) is 0.600. The Bertz CT molecular complexity index is 368. The van der Waals surface area contributed by atoms with Gasteiger partial charge in [0.05, 0.1) is 6.10 Å². The molecule has 3 heteroatoms. The largest absolute Gasteiger partial charge is 0.488 e. The monoisotopic (exact) mass is 253 g/mol. The normalized spacial score (nSPS) is 14.3. The van der Waals surface area contributed by atoms with Crippen LogP contribution in [0, 0.1) is 5.82 Å². The Hall–Kier alpha value is -1.09. The molecule has 1 rings (SSSR count). The summed E-state index contributed by atoms with van der Waals surface area (Å²) in [4.78, 5) is 0. The minimum atomic E-state index is -0.280. The maximum Gasteiger partial charge on any atom is 0.165 e. The second-order valence-corrected chi connectivity index (χ2v) is 4.70. The van der Waals surface area contributed by atoms with E-state index >= 15 is 0 Å². The van der Waals surface area contributed by atoms with E-state index in [1.54, 1.807) is 12.1 Å². The number of hydrogen-bond donors (Lipinski definition) is 1. The van der Waals surface area contributed by atoms with E-state index in [2.05, 4.69) is 12.2 Å². The summed E-state index contributed by atoms with van der Waals surface area (Å²) in [5.74, 6) is 0.0636.